The molecule has 0 amide bonds. The maximum Gasteiger partial charge on any atom is 0.214 e. The second-order valence-corrected chi connectivity index (χ2v) is 8.75. The normalized spacial score (nSPS) is 33.2. The van der Waals surface area contributed by atoms with Crippen LogP contribution in [0.1, 0.15) is 71.1 Å². The number of nitrogens with one attached hydrogen (secondary N) is 1. The molecule has 0 unspecified atom stereocenters. The highest BCUT2D eigenvalue weighted by molar-refractivity contribution is 7.90. The van der Waals surface area contributed by atoms with Gasteiger partial charge < -0.3 is 5.11 Å². The highest BCUT2D eigenvalue weighted by atomic mass is 32.2. The largest absolute Gasteiger partial charge is 0.389 e. The molecule has 0 aliphatic heterocycles. The second kappa shape index (κ2) is 6.75. The Morgan fingerprint density at radius 1 is 1.10 bits per heavy atom. The molecule has 20 heavy (non-hydrogen) atoms. The lowest BCUT2D eigenvalue weighted by Crippen LogP contribution is -2.47. The molecule has 5 heteroatoms. The first-order chi connectivity index (χ1) is 9.45. The van der Waals surface area contributed by atoms with E-state index in [0.29, 0.717) is 5.92 Å². The van der Waals surface area contributed by atoms with E-state index in [0.717, 1.165) is 64.2 Å². The van der Waals surface area contributed by atoms with Crippen LogP contribution >= 0.6 is 0 Å². The fraction of sp³-hybridized carbons (Fsp3) is 1.00. The monoisotopic (exact) mass is 303 g/mol. The third-order valence-electron chi connectivity index (χ3n) is 5.21. The summed E-state index contributed by atoms with van der Waals surface area (Å²) in [6.45, 7) is 2.38. The Kier molecular flexibility index (Phi) is 5.49. The molecule has 118 valence electrons. The van der Waals surface area contributed by atoms with Crippen LogP contribution in [-0.4, -0.2) is 30.9 Å². The van der Waals surface area contributed by atoms with Gasteiger partial charge in [-0.15, -0.1) is 0 Å². The summed E-state index contributed by atoms with van der Waals surface area (Å²) in [5.74, 6) is 0.699. The summed E-state index contributed by atoms with van der Waals surface area (Å²) >= 11 is 0. The quantitative estimate of drug-likeness (QED) is 0.820. The van der Waals surface area contributed by atoms with Crippen molar-refractivity contribution in [2.45, 2.75) is 82.0 Å². The van der Waals surface area contributed by atoms with Gasteiger partial charge in [0.2, 0.25) is 10.0 Å². The molecule has 0 saturated heterocycles. The van der Waals surface area contributed by atoms with Gasteiger partial charge in [-0.05, 0) is 44.4 Å². The molecule has 0 aromatic rings. The molecule has 0 aromatic carbocycles. The summed E-state index contributed by atoms with van der Waals surface area (Å²) in [7, 11) is -3.25. The molecule has 2 aliphatic carbocycles. The average Bonchev–Trinajstić information content (AvgIpc) is 2.47. The van der Waals surface area contributed by atoms with Crippen molar-refractivity contribution in [2.24, 2.45) is 5.92 Å². The van der Waals surface area contributed by atoms with E-state index in [1.54, 1.807) is 0 Å². The van der Waals surface area contributed by atoms with Gasteiger partial charge in [-0.1, -0.05) is 32.6 Å². The van der Waals surface area contributed by atoms with E-state index < -0.39 is 15.6 Å². The smallest absolute Gasteiger partial charge is 0.214 e. The van der Waals surface area contributed by atoms with Crippen molar-refractivity contribution < 1.29 is 13.5 Å². The standard InChI is InChI=1S/C15H29NO3S/c1-2-13-8-10-15(17,11-9-13)12-16-20(18,19)14-6-4-3-5-7-14/h13-14,16-17H,2-12H2,1H3. The Balaban J connectivity index is 1.84. The first-order valence-electron chi connectivity index (χ1n) is 8.16. The maximum atomic E-state index is 12.3. The minimum Gasteiger partial charge on any atom is -0.389 e. The van der Waals surface area contributed by atoms with Gasteiger partial charge in [-0.25, -0.2) is 13.1 Å². The van der Waals surface area contributed by atoms with Crippen molar-refractivity contribution in [3.63, 3.8) is 0 Å². The molecule has 2 saturated carbocycles. The van der Waals surface area contributed by atoms with Crippen LogP contribution in [0.15, 0.2) is 0 Å². The summed E-state index contributed by atoms with van der Waals surface area (Å²) in [6.07, 6.45) is 9.32. The predicted molar refractivity (Wildman–Crippen MR) is 81.0 cm³/mol. The van der Waals surface area contributed by atoms with E-state index in [1.165, 1.54) is 0 Å². The highest BCUT2D eigenvalue weighted by Crippen LogP contribution is 2.33. The van der Waals surface area contributed by atoms with E-state index in [2.05, 4.69) is 11.6 Å². The fourth-order valence-corrected chi connectivity index (χ4v) is 5.19. The van der Waals surface area contributed by atoms with Crippen LogP contribution in [0.3, 0.4) is 0 Å². The molecular weight excluding hydrogens is 274 g/mol. The third kappa shape index (κ3) is 4.18. The zero-order chi connectivity index (χ0) is 14.6. The molecule has 2 aliphatic rings. The van der Waals surface area contributed by atoms with Gasteiger partial charge in [0.05, 0.1) is 10.9 Å². The SMILES string of the molecule is CCC1CCC(O)(CNS(=O)(=O)C2CCCCC2)CC1. The van der Waals surface area contributed by atoms with Gasteiger partial charge in [0.15, 0.2) is 0 Å². The summed E-state index contributed by atoms with van der Waals surface area (Å²) in [6, 6.07) is 0. The van der Waals surface area contributed by atoms with Gasteiger partial charge in [0, 0.05) is 6.54 Å². The Labute approximate surface area is 123 Å². The number of sulfonamides is 1. The summed E-state index contributed by atoms with van der Waals surface area (Å²) in [4.78, 5) is 0. The van der Waals surface area contributed by atoms with E-state index in [9.17, 15) is 13.5 Å². The fourth-order valence-electron chi connectivity index (χ4n) is 3.53. The number of hydrogen-bond donors (Lipinski definition) is 2. The Morgan fingerprint density at radius 2 is 1.70 bits per heavy atom. The summed E-state index contributed by atoms with van der Waals surface area (Å²) < 4.78 is 27.2. The minimum atomic E-state index is -3.25. The number of rotatable bonds is 5. The lowest BCUT2D eigenvalue weighted by Gasteiger charge is -2.36. The Hall–Kier alpha value is -0.130. The van der Waals surface area contributed by atoms with E-state index in [4.69, 9.17) is 0 Å². The van der Waals surface area contributed by atoms with Crippen molar-refractivity contribution in [2.75, 3.05) is 6.54 Å². The zero-order valence-corrected chi connectivity index (χ0v) is 13.4. The molecule has 0 aromatic heterocycles. The van der Waals surface area contributed by atoms with Crippen LogP contribution < -0.4 is 4.72 Å². The van der Waals surface area contributed by atoms with Crippen LogP contribution in [0.25, 0.3) is 0 Å². The molecule has 2 fully saturated rings. The molecule has 0 spiro atoms. The molecule has 0 radical (unpaired) electrons. The van der Waals surface area contributed by atoms with Gasteiger partial charge >= 0.3 is 0 Å². The zero-order valence-electron chi connectivity index (χ0n) is 12.6. The molecule has 4 nitrogen and oxygen atoms in total. The van der Waals surface area contributed by atoms with Crippen molar-refractivity contribution in [1.29, 1.82) is 0 Å². The summed E-state index contributed by atoms with van der Waals surface area (Å²) in [5.41, 5.74) is -0.826. The van der Waals surface area contributed by atoms with Crippen molar-refractivity contribution >= 4 is 10.0 Å². The summed E-state index contributed by atoms with van der Waals surface area (Å²) in [5, 5.41) is 10.3. The lowest BCUT2D eigenvalue weighted by molar-refractivity contribution is -0.00448. The number of aliphatic hydroxyl groups is 1. The second-order valence-electron chi connectivity index (χ2n) is 6.70. The van der Waals surface area contributed by atoms with Gasteiger partial charge in [0.25, 0.3) is 0 Å². The lowest BCUT2D eigenvalue weighted by atomic mass is 9.78. The van der Waals surface area contributed by atoms with Crippen molar-refractivity contribution in [3.05, 3.63) is 0 Å². The van der Waals surface area contributed by atoms with Gasteiger partial charge in [0.1, 0.15) is 0 Å². The minimum absolute atomic E-state index is 0.197. The first kappa shape index (κ1) is 16.2. The van der Waals surface area contributed by atoms with Crippen molar-refractivity contribution in [1.82, 2.24) is 4.72 Å². The van der Waals surface area contributed by atoms with Crippen LogP contribution in [0, 0.1) is 5.92 Å². The molecule has 0 heterocycles. The Bertz CT molecular complexity index is 393. The van der Waals surface area contributed by atoms with Gasteiger partial charge in [-0.2, -0.15) is 0 Å². The van der Waals surface area contributed by atoms with Crippen LogP contribution in [0.4, 0.5) is 0 Å². The molecular formula is C15H29NO3S. The highest BCUT2D eigenvalue weighted by Gasteiger charge is 2.35. The van der Waals surface area contributed by atoms with E-state index >= 15 is 0 Å². The molecule has 2 N–H and O–H groups in total. The van der Waals surface area contributed by atoms with Crippen LogP contribution in [0.2, 0.25) is 0 Å². The van der Waals surface area contributed by atoms with Crippen molar-refractivity contribution in [3.8, 4) is 0 Å². The van der Waals surface area contributed by atoms with Gasteiger partial charge in [-0.3, -0.25) is 0 Å². The first-order valence-corrected chi connectivity index (χ1v) is 9.71. The van der Waals surface area contributed by atoms with E-state index in [-0.39, 0.29) is 11.8 Å². The van der Waals surface area contributed by atoms with Crippen LogP contribution in [0.5, 0.6) is 0 Å². The average molecular weight is 303 g/mol. The maximum absolute atomic E-state index is 12.3. The van der Waals surface area contributed by atoms with Crippen LogP contribution in [-0.2, 0) is 10.0 Å². The third-order valence-corrected chi connectivity index (χ3v) is 7.10. The molecule has 0 atom stereocenters. The van der Waals surface area contributed by atoms with E-state index in [1.807, 2.05) is 0 Å². The number of hydrogen-bond acceptors (Lipinski definition) is 3. The molecule has 0 bridgehead atoms. The topological polar surface area (TPSA) is 66.4 Å². The molecule has 2 rings (SSSR count). The Morgan fingerprint density at radius 3 is 2.25 bits per heavy atom. The predicted octanol–water partition coefficient (Wildman–Crippen LogP) is 2.57.